The molecule has 0 heterocycles. The first kappa shape index (κ1) is 10.5. The number of rotatable bonds is 3. The molecule has 13 heavy (non-hydrogen) atoms. The number of carbonyl (C=O) groups excluding carboxylic acids is 1. The van der Waals surface area contributed by atoms with Crippen molar-refractivity contribution in [2.75, 3.05) is 14.1 Å². The van der Waals surface area contributed by atoms with E-state index in [1.165, 1.54) is 19.3 Å². The monoisotopic (exact) mass is 184 g/mol. The van der Waals surface area contributed by atoms with Gasteiger partial charge in [-0.2, -0.15) is 0 Å². The van der Waals surface area contributed by atoms with Gasteiger partial charge in [0, 0.05) is 12.0 Å². The van der Waals surface area contributed by atoms with Crippen molar-refractivity contribution in [1.29, 1.82) is 0 Å². The highest BCUT2D eigenvalue weighted by Crippen LogP contribution is 2.34. The van der Waals surface area contributed by atoms with Crippen LogP contribution in [0.25, 0.3) is 0 Å². The van der Waals surface area contributed by atoms with Crippen molar-refractivity contribution in [3.63, 3.8) is 0 Å². The summed E-state index contributed by atoms with van der Waals surface area (Å²) in [6.45, 7) is 0. The Bertz CT molecular complexity index is 183. The topological polar surface area (TPSA) is 46.3 Å². The lowest BCUT2D eigenvalue weighted by atomic mass is 9.78. The smallest absolute Gasteiger partial charge is 0.219 e. The molecule has 0 aromatic rings. The Morgan fingerprint density at radius 3 is 2.23 bits per heavy atom. The highest BCUT2D eigenvalue weighted by molar-refractivity contribution is 5.75. The Labute approximate surface area is 80.3 Å². The van der Waals surface area contributed by atoms with Crippen LogP contribution in [0, 0.1) is 0 Å². The third kappa shape index (κ3) is 2.44. The van der Waals surface area contributed by atoms with E-state index in [0.717, 1.165) is 12.8 Å². The number of hydrogen-bond donors (Lipinski definition) is 1. The van der Waals surface area contributed by atoms with E-state index in [9.17, 15) is 4.79 Å². The molecule has 0 aromatic carbocycles. The van der Waals surface area contributed by atoms with Crippen LogP contribution in [0.15, 0.2) is 0 Å². The predicted molar refractivity (Wildman–Crippen MR) is 53.3 cm³/mol. The van der Waals surface area contributed by atoms with E-state index in [1.54, 1.807) is 0 Å². The molecule has 2 N–H and O–H groups in total. The maximum absolute atomic E-state index is 11.0. The van der Waals surface area contributed by atoms with Gasteiger partial charge in [0.25, 0.3) is 0 Å². The third-order valence-corrected chi connectivity index (χ3v) is 3.24. The first-order chi connectivity index (χ1) is 6.07. The van der Waals surface area contributed by atoms with E-state index in [1.807, 2.05) is 14.1 Å². The van der Waals surface area contributed by atoms with Crippen LogP contribution in [0.5, 0.6) is 0 Å². The minimum absolute atomic E-state index is 0.0596. The van der Waals surface area contributed by atoms with Crippen molar-refractivity contribution >= 4 is 5.91 Å². The van der Waals surface area contributed by atoms with Gasteiger partial charge < -0.3 is 10.6 Å². The van der Waals surface area contributed by atoms with E-state index >= 15 is 0 Å². The predicted octanol–water partition coefficient (Wildman–Crippen LogP) is 1.13. The number of nitrogens with zero attached hydrogens (tertiary/aromatic N) is 1. The maximum atomic E-state index is 11.0. The molecule has 76 valence electrons. The van der Waals surface area contributed by atoms with Gasteiger partial charge >= 0.3 is 0 Å². The van der Waals surface area contributed by atoms with E-state index in [-0.39, 0.29) is 11.4 Å². The average molecular weight is 184 g/mol. The molecule has 1 rings (SSSR count). The summed E-state index contributed by atoms with van der Waals surface area (Å²) >= 11 is 0. The van der Waals surface area contributed by atoms with Crippen LogP contribution in [0.4, 0.5) is 0 Å². The summed E-state index contributed by atoms with van der Waals surface area (Å²) in [6.07, 6.45) is 6.50. The molecule has 3 heteroatoms. The van der Waals surface area contributed by atoms with E-state index in [0.29, 0.717) is 6.42 Å². The van der Waals surface area contributed by atoms with E-state index in [4.69, 9.17) is 5.73 Å². The van der Waals surface area contributed by atoms with Crippen molar-refractivity contribution in [2.24, 2.45) is 5.73 Å². The molecule has 0 saturated heterocycles. The lowest BCUT2D eigenvalue weighted by Gasteiger charge is -2.42. The second-order valence-electron chi connectivity index (χ2n) is 4.32. The van der Waals surface area contributed by atoms with Gasteiger partial charge in [-0.3, -0.25) is 4.79 Å². The van der Waals surface area contributed by atoms with Crippen LogP contribution in [-0.2, 0) is 4.79 Å². The molecule has 1 aliphatic carbocycles. The van der Waals surface area contributed by atoms with Gasteiger partial charge in [-0.15, -0.1) is 0 Å². The van der Waals surface area contributed by atoms with Crippen LogP contribution < -0.4 is 5.73 Å². The number of carbonyl (C=O) groups is 1. The Balaban J connectivity index is 2.67. The minimum Gasteiger partial charge on any atom is -0.370 e. The second kappa shape index (κ2) is 4.09. The first-order valence-corrected chi connectivity index (χ1v) is 5.03. The van der Waals surface area contributed by atoms with E-state index < -0.39 is 0 Å². The van der Waals surface area contributed by atoms with Gasteiger partial charge in [0.15, 0.2) is 0 Å². The van der Waals surface area contributed by atoms with Gasteiger partial charge in [0.2, 0.25) is 5.91 Å². The molecule has 0 aliphatic heterocycles. The fraction of sp³-hybridized carbons (Fsp3) is 0.900. The summed E-state index contributed by atoms with van der Waals surface area (Å²) in [5, 5.41) is 0. The molecule has 0 aromatic heterocycles. The molecule has 0 unspecified atom stereocenters. The zero-order valence-electron chi connectivity index (χ0n) is 8.68. The molecule has 1 aliphatic rings. The third-order valence-electron chi connectivity index (χ3n) is 3.24. The highest BCUT2D eigenvalue weighted by atomic mass is 16.1. The number of hydrogen-bond acceptors (Lipinski definition) is 2. The molecular formula is C10H20N2O. The minimum atomic E-state index is -0.171. The van der Waals surface area contributed by atoms with Crippen LogP contribution in [-0.4, -0.2) is 30.4 Å². The Kier molecular flexibility index (Phi) is 3.31. The quantitative estimate of drug-likeness (QED) is 0.714. The molecule has 1 fully saturated rings. The normalized spacial score (nSPS) is 21.8. The Morgan fingerprint density at radius 2 is 1.85 bits per heavy atom. The summed E-state index contributed by atoms with van der Waals surface area (Å²) in [4.78, 5) is 13.2. The fourth-order valence-electron chi connectivity index (χ4n) is 2.32. The molecule has 0 bridgehead atoms. The maximum Gasteiger partial charge on any atom is 0.219 e. The fourth-order valence-corrected chi connectivity index (χ4v) is 2.32. The van der Waals surface area contributed by atoms with Crippen LogP contribution in [0.1, 0.15) is 38.5 Å². The van der Waals surface area contributed by atoms with Crippen molar-refractivity contribution in [1.82, 2.24) is 4.90 Å². The van der Waals surface area contributed by atoms with Crippen LogP contribution >= 0.6 is 0 Å². The van der Waals surface area contributed by atoms with Crippen molar-refractivity contribution < 1.29 is 4.79 Å². The van der Waals surface area contributed by atoms with Crippen molar-refractivity contribution in [3.05, 3.63) is 0 Å². The SMILES string of the molecule is CN(C)C1(CC(N)=O)CCCCC1. The largest absolute Gasteiger partial charge is 0.370 e. The van der Waals surface area contributed by atoms with Crippen molar-refractivity contribution in [2.45, 2.75) is 44.1 Å². The molecule has 0 radical (unpaired) electrons. The summed E-state index contributed by atoms with van der Waals surface area (Å²) in [6, 6.07) is 0. The van der Waals surface area contributed by atoms with Crippen molar-refractivity contribution in [3.8, 4) is 0 Å². The average Bonchev–Trinajstić information content (AvgIpc) is 2.04. The summed E-state index contributed by atoms with van der Waals surface area (Å²) in [7, 11) is 4.10. The number of amides is 1. The highest BCUT2D eigenvalue weighted by Gasteiger charge is 2.35. The summed E-state index contributed by atoms with van der Waals surface area (Å²) in [5.74, 6) is -0.171. The Morgan fingerprint density at radius 1 is 1.31 bits per heavy atom. The van der Waals surface area contributed by atoms with Gasteiger partial charge in [-0.25, -0.2) is 0 Å². The number of primary amides is 1. The zero-order chi connectivity index (χ0) is 9.90. The lowest BCUT2D eigenvalue weighted by Crippen LogP contribution is -2.48. The zero-order valence-corrected chi connectivity index (χ0v) is 8.68. The molecule has 3 nitrogen and oxygen atoms in total. The van der Waals surface area contributed by atoms with Gasteiger partial charge in [-0.05, 0) is 26.9 Å². The van der Waals surface area contributed by atoms with Crippen LogP contribution in [0.2, 0.25) is 0 Å². The van der Waals surface area contributed by atoms with E-state index in [2.05, 4.69) is 4.90 Å². The summed E-state index contributed by atoms with van der Waals surface area (Å²) in [5.41, 5.74) is 5.34. The number of nitrogens with two attached hydrogens (primary N) is 1. The Hall–Kier alpha value is -0.570. The molecule has 0 atom stereocenters. The summed E-state index contributed by atoms with van der Waals surface area (Å²) < 4.78 is 0. The molecule has 1 amide bonds. The molecule has 0 spiro atoms. The molecular weight excluding hydrogens is 164 g/mol. The second-order valence-corrected chi connectivity index (χ2v) is 4.32. The first-order valence-electron chi connectivity index (χ1n) is 5.03. The standard InChI is InChI=1S/C10H20N2O/c1-12(2)10(8-9(11)13)6-4-3-5-7-10/h3-8H2,1-2H3,(H2,11,13). The lowest BCUT2D eigenvalue weighted by molar-refractivity contribution is -0.121. The van der Waals surface area contributed by atoms with Crippen LogP contribution in [0.3, 0.4) is 0 Å². The van der Waals surface area contributed by atoms with Gasteiger partial charge in [-0.1, -0.05) is 19.3 Å². The molecule has 1 saturated carbocycles. The van der Waals surface area contributed by atoms with Gasteiger partial charge in [0.05, 0.1) is 0 Å². The van der Waals surface area contributed by atoms with Gasteiger partial charge in [0.1, 0.15) is 0 Å².